The molecule has 1 aromatic carbocycles. The van der Waals surface area contributed by atoms with Crippen molar-refractivity contribution in [1.82, 2.24) is 0 Å². The van der Waals surface area contributed by atoms with Crippen LogP contribution in [0, 0.1) is 10.1 Å². The number of nitrogens with one attached hydrogen (secondary N) is 1. The topological polar surface area (TPSA) is 55.2 Å². The Balaban J connectivity index is 2.00. The lowest BCUT2D eigenvalue weighted by molar-refractivity contribution is -0.380. The fourth-order valence-corrected chi connectivity index (χ4v) is 2.27. The van der Waals surface area contributed by atoms with E-state index in [-0.39, 0.29) is 9.92 Å². The summed E-state index contributed by atoms with van der Waals surface area (Å²) in [7, 11) is 0. The molecule has 1 heterocycles. The molecular formula is C11H9ClN2O2S. The van der Waals surface area contributed by atoms with Crippen LogP contribution in [-0.4, -0.2) is 4.92 Å². The van der Waals surface area contributed by atoms with E-state index in [1.165, 1.54) is 0 Å². The number of nitrogens with zero attached hydrogens (tertiary/aromatic N) is 1. The molecule has 0 unspecified atom stereocenters. The zero-order valence-electron chi connectivity index (χ0n) is 8.72. The van der Waals surface area contributed by atoms with E-state index in [2.05, 4.69) is 5.32 Å². The summed E-state index contributed by atoms with van der Waals surface area (Å²) in [5.41, 5.74) is 1.79. The van der Waals surface area contributed by atoms with Crippen LogP contribution < -0.4 is 5.32 Å². The van der Waals surface area contributed by atoms with Crippen LogP contribution in [0.15, 0.2) is 35.7 Å². The van der Waals surface area contributed by atoms with Crippen LogP contribution in [0.1, 0.15) is 5.56 Å². The number of benzene rings is 1. The maximum atomic E-state index is 10.5. The third kappa shape index (κ3) is 3.18. The van der Waals surface area contributed by atoms with Crippen LogP contribution in [0.5, 0.6) is 0 Å². The van der Waals surface area contributed by atoms with Crippen molar-refractivity contribution in [2.24, 2.45) is 0 Å². The Hall–Kier alpha value is -1.59. The number of halogens is 1. The van der Waals surface area contributed by atoms with Crippen LogP contribution in [0.2, 0.25) is 5.02 Å². The molecule has 0 aliphatic carbocycles. The Labute approximate surface area is 107 Å². The van der Waals surface area contributed by atoms with Gasteiger partial charge in [-0.15, -0.1) is 0 Å². The summed E-state index contributed by atoms with van der Waals surface area (Å²) >= 11 is 6.98. The number of hydrogen-bond donors (Lipinski definition) is 1. The Morgan fingerprint density at radius 2 is 2.24 bits per heavy atom. The average molecular weight is 269 g/mol. The van der Waals surface area contributed by atoms with Crippen molar-refractivity contribution in [2.75, 3.05) is 5.32 Å². The quantitative estimate of drug-likeness (QED) is 0.675. The van der Waals surface area contributed by atoms with Gasteiger partial charge in [0.1, 0.15) is 0 Å². The monoisotopic (exact) mass is 268 g/mol. The predicted molar refractivity (Wildman–Crippen MR) is 69.8 cm³/mol. The Kier molecular flexibility index (Phi) is 3.61. The average Bonchev–Trinajstić information content (AvgIpc) is 2.75. The van der Waals surface area contributed by atoms with Crippen molar-refractivity contribution in [3.05, 3.63) is 56.4 Å². The highest BCUT2D eigenvalue weighted by atomic mass is 35.5. The van der Waals surface area contributed by atoms with Gasteiger partial charge in [-0.2, -0.15) is 0 Å². The van der Waals surface area contributed by atoms with Crippen molar-refractivity contribution in [2.45, 2.75) is 6.54 Å². The van der Waals surface area contributed by atoms with Crippen LogP contribution in [0.4, 0.5) is 10.7 Å². The smallest absolute Gasteiger partial charge is 0.324 e. The van der Waals surface area contributed by atoms with E-state index in [0.29, 0.717) is 11.6 Å². The van der Waals surface area contributed by atoms with E-state index in [0.717, 1.165) is 22.6 Å². The third-order valence-electron chi connectivity index (χ3n) is 2.14. The van der Waals surface area contributed by atoms with Crippen molar-refractivity contribution < 1.29 is 4.92 Å². The molecule has 2 aromatic rings. The molecule has 0 saturated carbocycles. The van der Waals surface area contributed by atoms with Gasteiger partial charge in [0.25, 0.3) is 0 Å². The maximum Gasteiger partial charge on any atom is 0.324 e. The summed E-state index contributed by atoms with van der Waals surface area (Å²) in [6.07, 6.45) is 0. The molecule has 4 nitrogen and oxygen atoms in total. The molecule has 0 fully saturated rings. The highest BCUT2D eigenvalue weighted by molar-refractivity contribution is 7.13. The SMILES string of the molecule is O=[N+]([O-])c1cc(CNc2cccc(Cl)c2)cs1. The molecule has 0 bridgehead atoms. The predicted octanol–water partition coefficient (Wildman–Crippen LogP) is 3.92. The molecule has 0 radical (unpaired) electrons. The van der Waals surface area contributed by atoms with Gasteiger partial charge in [-0.1, -0.05) is 29.0 Å². The third-order valence-corrected chi connectivity index (χ3v) is 3.31. The summed E-state index contributed by atoms with van der Waals surface area (Å²) in [5, 5.41) is 16.3. The first-order chi connectivity index (χ1) is 8.15. The standard InChI is InChI=1S/C11H9ClN2O2S/c12-9-2-1-3-10(5-9)13-6-8-4-11(14(15)16)17-7-8/h1-5,7,13H,6H2. The first-order valence-electron chi connectivity index (χ1n) is 4.86. The van der Waals surface area contributed by atoms with Crippen molar-refractivity contribution in [3.63, 3.8) is 0 Å². The zero-order valence-corrected chi connectivity index (χ0v) is 10.3. The number of nitro groups is 1. The van der Waals surface area contributed by atoms with Gasteiger partial charge in [-0.3, -0.25) is 10.1 Å². The molecule has 2 rings (SSSR count). The molecule has 0 amide bonds. The minimum Gasteiger partial charge on any atom is -0.381 e. The normalized spacial score (nSPS) is 10.2. The molecule has 17 heavy (non-hydrogen) atoms. The highest BCUT2D eigenvalue weighted by Gasteiger charge is 2.08. The number of thiophene rings is 1. The second-order valence-corrected chi connectivity index (χ2v) is 4.74. The highest BCUT2D eigenvalue weighted by Crippen LogP contribution is 2.23. The largest absolute Gasteiger partial charge is 0.381 e. The summed E-state index contributed by atoms with van der Waals surface area (Å²) in [5.74, 6) is 0. The molecule has 88 valence electrons. The minimum atomic E-state index is -0.381. The summed E-state index contributed by atoms with van der Waals surface area (Å²) in [6.45, 7) is 0.546. The van der Waals surface area contributed by atoms with Crippen LogP contribution in [0.25, 0.3) is 0 Å². The second kappa shape index (κ2) is 5.16. The van der Waals surface area contributed by atoms with Crippen molar-refractivity contribution in [1.29, 1.82) is 0 Å². The van der Waals surface area contributed by atoms with Crippen molar-refractivity contribution in [3.8, 4) is 0 Å². The molecule has 0 saturated heterocycles. The number of hydrogen-bond acceptors (Lipinski definition) is 4. The molecule has 1 aromatic heterocycles. The fourth-order valence-electron chi connectivity index (χ4n) is 1.35. The van der Waals surface area contributed by atoms with Crippen molar-refractivity contribution >= 4 is 33.6 Å². The van der Waals surface area contributed by atoms with Crippen LogP contribution in [0.3, 0.4) is 0 Å². The molecule has 1 N–H and O–H groups in total. The van der Waals surface area contributed by atoms with Gasteiger partial charge in [-0.25, -0.2) is 0 Å². The zero-order chi connectivity index (χ0) is 12.3. The van der Waals surface area contributed by atoms with Gasteiger partial charge in [-0.05, 0) is 23.8 Å². The fraction of sp³-hybridized carbons (Fsp3) is 0.0909. The minimum absolute atomic E-state index is 0.160. The molecular weight excluding hydrogens is 260 g/mol. The first-order valence-corrected chi connectivity index (χ1v) is 6.12. The van der Waals surface area contributed by atoms with E-state index in [1.807, 2.05) is 18.2 Å². The lowest BCUT2D eigenvalue weighted by Gasteiger charge is -2.04. The van der Waals surface area contributed by atoms with Gasteiger partial charge in [0.15, 0.2) is 0 Å². The Morgan fingerprint density at radius 1 is 1.41 bits per heavy atom. The first kappa shape index (κ1) is 11.9. The number of anilines is 1. The van der Waals surface area contributed by atoms with Crippen LogP contribution >= 0.6 is 22.9 Å². The Bertz CT molecular complexity index is 542. The molecule has 0 atom stereocenters. The van der Waals surface area contributed by atoms with E-state index >= 15 is 0 Å². The molecule has 6 heteroatoms. The second-order valence-electron chi connectivity index (χ2n) is 3.41. The van der Waals surface area contributed by atoms with Gasteiger partial charge >= 0.3 is 5.00 Å². The summed E-state index contributed by atoms with van der Waals surface area (Å²) in [6, 6.07) is 8.92. The maximum absolute atomic E-state index is 10.5. The lowest BCUT2D eigenvalue weighted by atomic mass is 10.3. The van der Waals surface area contributed by atoms with E-state index in [4.69, 9.17) is 11.6 Å². The Morgan fingerprint density at radius 3 is 2.88 bits per heavy atom. The van der Waals surface area contributed by atoms with Gasteiger partial charge in [0, 0.05) is 28.7 Å². The molecule has 0 aliphatic rings. The van der Waals surface area contributed by atoms with Gasteiger partial charge in [0.2, 0.25) is 0 Å². The summed E-state index contributed by atoms with van der Waals surface area (Å²) in [4.78, 5) is 10.1. The van der Waals surface area contributed by atoms with E-state index < -0.39 is 0 Å². The van der Waals surface area contributed by atoms with Gasteiger partial charge in [0.05, 0.1) is 4.92 Å². The van der Waals surface area contributed by atoms with E-state index in [9.17, 15) is 10.1 Å². The van der Waals surface area contributed by atoms with Gasteiger partial charge < -0.3 is 5.32 Å². The summed E-state index contributed by atoms with van der Waals surface area (Å²) < 4.78 is 0. The molecule has 0 spiro atoms. The van der Waals surface area contributed by atoms with Crippen LogP contribution in [-0.2, 0) is 6.54 Å². The molecule has 0 aliphatic heterocycles. The lowest BCUT2D eigenvalue weighted by Crippen LogP contribution is -1.97. The number of rotatable bonds is 4. The van der Waals surface area contributed by atoms with E-state index in [1.54, 1.807) is 17.5 Å².